The summed E-state index contributed by atoms with van der Waals surface area (Å²) >= 11 is 0. The Kier molecular flexibility index (Phi) is 5.36. The Morgan fingerprint density at radius 3 is 2.20 bits per heavy atom. The number of carbonyl (C=O) groups excluding carboxylic acids is 2. The summed E-state index contributed by atoms with van der Waals surface area (Å²) < 4.78 is 35.4. The first-order valence-electron chi connectivity index (χ1n) is 9.25. The maximum absolute atomic E-state index is 13.1. The first-order valence-corrected chi connectivity index (χ1v) is 10.7. The third-order valence-electron chi connectivity index (χ3n) is 5.31. The van der Waals surface area contributed by atoms with Crippen molar-refractivity contribution < 1.29 is 26.9 Å². The van der Waals surface area contributed by atoms with Gasteiger partial charge < -0.3 is 14.7 Å². The van der Waals surface area contributed by atoms with Gasteiger partial charge in [0.25, 0.3) is 0 Å². The lowest BCUT2D eigenvalue weighted by Gasteiger charge is -2.26. The lowest BCUT2D eigenvalue weighted by atomic mass is 9.65. The number of nitrogens with two attached hydrogens (primary N) is 1. The number of hydrogen-bond acceptors (Lipinski definition) is 7. The van der Waals surface area contributed by atoms with E-state index in [1.54, 1.807) is 54.6 Å². The molecule has 0 saturated heterocycles. The van der Waals surface area contributed by atoms with E-state index in [2.05, 4.69) is 0 Å². The van der Waals surface area contributed by atoms with Gasteiger partial charge in [-0.15, -0.1) is 0 Å². The molecule has 0 aliphatic carbocycles. The van der Waals surface area contributed by atoms with Crippen molar-refractivity contribution in [1.29, 1.82) is 0 Å². The van der Waals surface area contributed by atoms with Crippen LogP contribution in [0, 0.1) is 0 Å². The molecule has 0 fully saturated rings. The zero-order valence-corrected chi connectivity index (χ0v) is 17.9. The van der Waals surface area contributed by atoms with Gasteiger partial charge in [0.1, 0.15) is 15.7 Å². The standard InChI is InChI=1S/C19H20B3NO6S/c1-11(24)12-7-9-13(10-8-12)18(20)16(25)15(17(23)28-18)29-30(26,27)19(21,22)14-5-3-2-4-6-14/h2-10H,20-23H2,1H3. The normalized spacial score (nSPS) is 19.4. The number of carbonyl (C=O) groups is 2. The van der Waals surface area contributed by atoms with Gasteiger partial charge in [0.15, 0.2) is 19.1 Å². The third kappa shape index (κ3) is 3.54. The molecule has 0 aromatic heterocycles. The maximum atomic E-state index is 13.1. The number of benzene rings is 2. The summed E-state index contributed by atoms with van der Waals surface area (Å²) in [4.78, 5) is 24.6. The summed E-state index contributed by atoms with van der Waals surface area (Å²) in [7, 11) is 0.134. The molecule has 2 N–H and O–H groups in total. The largest absolute Gasteiger partial charge is 0.467 e. The lowest BCUT2D eigenvalue weighted by molar-refractivity contribution is -0.126. The Balaban J connectivity index is 1.91. The molecule has 30 heavy (non-hydrogen) atoms. The highest BCUT2D eigenvalue weighted by Crippen LogP contribution is 2.38. The fourth-order valence-electron chi connectivity index (χ4n) is 3.13. The molecule has 1 atom stereocenters. The second kappa shape index (κ2) is 7.39. The van der Waals surface area contributed by atoms with Gasteiger partial charge in [0, 0.05) is 5.56 Å². The Hall–Kier alpha value is -2.94. The highest BCUT2D eigenvalue weighted by atomic mass is 32.2. The van der Waals surface area contributed by atoms with E-state index in [-0.39, 0.29) is 5.78 Å². The van der Waals surface area contributed by atoms with Crippen LogP contribution in [0.5, 0.6) is 0 Å². The molecule has 11 heteroatoms. The molecule has 152 valence electrons. The zero-order chi connectivity index (χ0) is 22.3. The summed E-state index contributed by atoms with van der Waals surface area (Å²) in [6, 6.07) is 14.8. The van der Waals surface area contributed by atoms with Gasteiger partial charge in [-0.25, -0.2) is 0 Å². The molecule has 1 heterocycles. The highest BCUT2D eigenvalue weighted by Gasteiger charge is 2.50. The highest BCUT2D eigenvalue weighted by molar-refractivity contribution is 7.90. The van der Waals surface area contributed by atoms with Crippen LogP contribution in [0.4, 0.5) is 0 Å². The molecule has 7 nitrogen and oxygen atoms in total. The van der Waals surface area contributed by atoms with Gasteiger partial charge in [-0.3, -0.25) is 9.59 Å². The van der Waals surface area contributed by atoms with E-state index in [0.29, 0.717) is 16.7 Å². The summed E-state index contributed by atoms with van der Waals surface area (Å²) in [5.41, 5.74) is 5.66. The smallest absolute Gasteiger partial charge is 0.304 e. The van der Waals surface area contributed by atoms with Crippen molar-refractivity contribution in [2.45, 2.75) is 17.0 Å². The monoisotopic (exact) mass is 423 g/mol. The zero-order valence-electron chi connectivity index (χ0n) is 17.1. The van der Waals surface area contributed by atoms with Gasteiger partial charge in [-0.05, 0) is 18.1 Å². The van der Waals surface area contributed by atoms with Crippen LogP contribution in [0.3, 0.4) is 0 Å². The summed E-state index contributed by atoms with van der Waals surface area (Å²) in [6.07, 6.45) is 0. The van der Waals surface area contributed by atoms with E-state index < -0.39 is 37.6 Å². The molecule has 2 aromatic rings. The molecular weight excluding hydrogens is 403 g/mol. The van der Waals surface area contributed by atoms with Crippen molar-refractivity contribution in [3.63, 3.8) is 0 Å². The van der Waals surface area contributed by atoms with Crippen LogP contribution in [0.2, 0.25) is 0 Å². The fourth-order valence-corrected chi connectivity index (χ4v) is 4.14. The molecule has 1 aliphatic rings. The topological polar surface area (TPSA) is 113 Å². The predicted octanol–water partition coefficient (Wildman–Crippen LogP) is -1.17. The van der Waals surface area contributed by atoms with Gasteiger partial charge in [0.2, 0.25) is 17.4 Å². The van der Waals surface area contributed by atoms with Gasteiger partial charge in [0.05, 0.1) is 4.55 Å². The second-order valence-electron chi connectivity index (χ2n) is 7.71. The lowest BCUT2D eigenvalue weighted by Crippen LogP contribution is -2.40. The van der Waals surface area contributed by atoms with Gasteiger partial charge in [-0.1, -0.05) is 54.6 Å². The molecule has 0 amide bonds. The minimum atomic E-state index is -4.30. The molecule has 1 unspecified atom stereocenters. The SMILES string of the molecule is BC1(c2ccc(C(C)=O)cc2)OC(N)=C(OS(=O)(=O)C(B)(B)c2ccccc2)C1=O. The first-order chi connectivity index (χ1) is 13.9. The van der Waals surface area contributed by atoms with Crippen LogP contribution in [0.25, 0.3) is 0 Å². The van der Waals surface area contributed by atoms with Crippen LogP contribution >= 0.6 is 0 Å². The van der Waals surface area contributed by atoms with Crippen molar-refractivity contribution >= 4 is 45.2 Å². The third-order valence-corrected chi connectivity index (χ3v) is 7.18. The van der Waals surface area contributed by atoms with Crippen molar-refractivity contribution in [3.8, 4) is 0 Å². The predicted molar refractivity (Wildman–Crippen MR) is 119 cm³/mol. The number of rotatable bonds is 6. The fraction of sp³-hybridized carbons (Fsp3) is 0.158. The summed E-state index contributed by atoms with van der Waals surface area (Å²) in [5, 5.41) is 0. The van der Waals surface area contributed by atoms with E-state index in [9.17, 15) is 18.0 Å². The number of hydrogen-bond donors (Lipinski definition) is 1. The quantitative estimate of drug-likeness (QED) is 0.354. The van der Waals surface area contributed by atoms with E-state index in [1.165, 1.54) is 30.5 Å². The average molecular weight is 423 g/mol. The Labute approximate surface area is 178 Å². The molecule has 0 saturated carbocycles. The minimum absolute atomic E-state index is 0.124. The Morgan fingerprint density at radius 2 is 1.67 bits per heavy atom. The molecule has 1 aliphatic heterocycles. The van der Waals surface area contributed by atoms with Crippen molar-refractivity contribution in [2.24, 2.45) is 5.73 Å². The van der Waals surface area contributed by atoms with Gasteiger partial charge >= 0.3 is 10.1 Å². The molecule has 0 spiro atoms. The number of ether oxygens (including phenoxy) is 1. The van der Waals surface area contributed by atoms with Crippen molar-refractivity contribution in [2.75, 3.05) is 0 Å². The summed E-state index contributed by atoms with van der Waals surface area (Å²) in [5.74, 6) is -1.81. The number of ketones is 2. The van der Waals surface area contributed by atoms with Gasteiger partial charge in [-0.2, -0.15) is 8.42 Å². The number of Topliss-reactive ketones (excluding diaryl/α,β-unsaturated/α-hetero) is 2. The van der Waals surface area contributed by atoms with E-state index in [4.69, 9.17) is 14.7 Å². The maximum Gasteiger partial charge on any atom is 0.304 e. The first kappa shape index (κ1) is 21.8. The van der Waals surface area contributed by atoms with E-state index in [0.717, 1.165) is 0 Å². The van der Waals surface area contributed by atoms with Crippen LogP contribution in [0.15, 0.2) is 66.2 Å². The van der Waals surface area contributed by atoms with Crippen LogP contribution < -0.4 is 5.73 Å². The second-order valence-corrected chi connectivity index (χ2v) is 9.80. The van der Waals surface area contributed by atoms with Crippen LogP contribution in [0.1, 0.15) is 28.4 Å². The minimum Gasteiger partial charge on any atom is -0.467 e. The van der Waals surface area contributed by atoms with Crippen molar-refractivity contribution in [1.82, 2.24) is 0 Å². The van der Waals surface area contributed by atoms with E-state index in [1.807, 2.05) is 0 Å². The van der Waals surface area contributed by atoms with Crippen LogP contribution in [-0.2, 0) is 33.9 Å². The average Bonchev–Trinajstić information content (AvgIpc) is 2.92. The molecular formula is C19H20B3NO6S. The molecule has 0 bridgehead atoms. The van der Waals surface area contributed by atoms with Crippen molar-refractivity contribution in [3.05, 3.63) is 82.9 Å². The van der Waals surface area contributed by atoms with E-state index >= 15 is 0 Å². The van der Waals surface area contributed by atoms with Crippen LogP contribution in [-0.4, -0.2) is 43.5 Å². The molecule has 3 rings (SSSR count). The Morgan fingerprint density at radius 1 is 1.10 bits per heavy atom. The molecule has 2 aromatic carbocycles. The Bertz CT molecular complexity index is 1150. The summed E-state index contributed by atoms with van der Waals surface area (Å²) in [6.45, 7) is 1.43. The molecule has 0 radical (unpaired) electrons.